The standard InChI is InChI=1S/C13H21NO3S2/c1-10-11(19-8-7-17-10)12(15)14-9-13(18-2)3-5-16-6-4-13/h3-9H2,1-2H3,(H,14,15). The van der Waals surface area contributed by atoms with Gasteiger partial charge in [-0.1, -0.05) is 0 Å². The molecule has 0 unspecified atom stereocenters. The number of hydrogen-bond donors (Lipinski definition) is 1. The number of amides is 1. The Balaban J connectivity index is 1.92. The van der Waals surface area contributed by atoms with Gasteiger partial charge >= 0.3 is 0 Å². The molecule has 0 saturated carbocycles. The average Bonchev–Trinajstić information content (AvgIpc) is 2.46. The van der Waals surface area contributed by atoms with Crippen LogP contribution in [0.1, 0.15) is 19.8 Å². The Bertz CT molecular complexity index is 365. The molecule has 6 heteroatoms. The summed E-state index contributed by atoms with van der Waals surface area (Å²) in [7, 11) is 0. The fourth-order valence-corrected chi connectivity index (χ4v) is 3.88. The lowest BCUT2D eigenvalue weighted by Gasteiger charge is -2.35. The zero-order valence-corrected chi connectivity index (χ0v) is 13.1. The number of carbonyl (C=O) groups excluding carboxylic acids is 1. The summed E-state index contributed by atoms with van der Waals surface area (Å²) in [6.07, 6.45) is 4.10. The molecular weight excluding hydrogens is 282 g/mol. The van der Waals surface area contributed by atoms with Crippen LogP contribution in [-0.2, 0) is 14.3 Å². The SMILES string of the molecule is CSC1(CNC(=O)C2=C(C)OCCS2)CCOCC1. The van der Waals surface area contributed by atoms with Gasteiger partial charge in [0.15, 0.2) is 0 Å². The van der Waals surface area contributed by atoms with Crippen LogP contribution >= 0.6 is 23.5 Å². The van der Waals surface area contributed by atoms with E-state index in [1.54, 1.807) is 11.8 Å². The van der Waals surface area contributed by atoms with Gasteiger partial charge in [0, 0.05) is 30.3 Å². The van der Waals surface area contributed by atoms with Gasteiger partial charge in [0.2, 0.25) is 0 Å². The van der Waals surface area contributed by atoms with E-state index >= 15 is 0 Å². The van der Waals surface area contributed by atoms with Gasteiger partial charge in [-0.15, -0.1) is 11.8 Å². The van der Waals surface area contributed by atoms with Crippen molar-refractivity contribution in [2.75, 3.05) is 38.4 Å². The van der Waals surface area contributed by atoms with E-state index in [0.717, 1.165) is 42.5 Å². The highest BCUT2D eigenvalue weighted by atomic mass is 32.2. The zero-order chi connectivity index (χ0) is 13.7. The minimum absolute atomic E-state index is 0.00196. The molecule has 108 valence electrons. The molecule has 0 aromatic carbocycles. The summed E-state index contributed by atoms with van der Waals surface area (Å²) in [5.41, 5.74) is 0. The van der Waals surface area contributed by atoms with Crippen molar-refractivity contribution in [3.05, 3.63) is 10.7 Å². The zero-order valence-electron chi connectivity index (χ0n) is 11.5. The fourth-order valence-electron chi connectivity index (χ4n) is 2.25. The van der Waals surface area contributed by atoms with Crippen LogP contribution in [-0.4, -0.2) is 49.0 Å². The van der Waals surface area contributed by atoms with E-state index in [0.29, 0.717) is 13.2 Å². The molecule has 0 aliphatic carbocycles. The summed E-state index contributed by atoms with van der Waals surface area (Å²) in [6, 6.07) is 0. The predicted octanol–water partition coefficient (Wildman–Crippen LogP) is 2.01. The van der Waals surface area contributed by atoms with E-state index in [1.165, 1.54) is 0 Å². The Kier molecular flexibility index (Phi) is 5.47. The van der Waals surface area contributed by atoms with Crippen molar-refractivity contribution in [2.24, 2.45) is 0 Å². The maximum Gasteiger partial charge on any atom is 0.261 e. The quantitative estimate of drug-likeness (QED) is 0.861. The van der Waals surface area contributed by atoms with Crippen molar-refractivity contribution in [1.82, 2.24) is 5.32 Å². The molecule has 0 spiro atoms. The molecule has 0 radical (unpaired) electrons. The van der Waals surface area contributed by atoms with Gasteiger partial charge in [-0.3, -0.25) is 4.79 Å². The van der Waals surface area contributed by atoms with E-state index < -0.39 is 0 Å². The number of hydrogen-bond acceptors (Lipinski definition) is 5. The molecule has 2 aliphatic heterocycles. The van der Waals surface area contributed by atoms with Crippen LogP contribution in [0.3, 0.4) is 0 Å². The summed E-state index contributed by atoms with van der Waals surface area (Å²) < 4.78 is 11.0. The first-order valence-electron chi connectivity index (χ1n) is 6.54. The van der Waals surface area contributed by atoms with Crippen LogP contribution in [0.5, 0.6) is 0 Å². The molecule has 19 heavy (non-hydrogen) atoms. The number of rotatable bonds is 4. The molecule has 1 N–H and O–H groups in total. The molecular formula is C13H21NO3S2. The number of thioether (sulfide) groups is 2. The normalized spacial score (nSPS) is 22.8. The second-order valence-corrected chi connectivity index (χ2v) is 7.14. The smallest absolute Gasteiger partial charge is 0.261 e. The number of ether oxygens (including phenoxy) is 2. The lowest BCUT2D eigenvalue weighted by Crippen LogP contribution is -2.44. The lowest BCUT2D eigenvalue weighted by molar-refractivity contribution is -0.117. The molecule has 0 aromatic rings. The molecule has 1 saturated heterocycles. The maximum atomic E-state index is 12.2. The van der Waals surface area contributed by atoms with Gasteiger partial charge in [-0.25, -0.2) is 0 Å². The molecule has 0 atom stereocenters. The Hall–Kier alpha value is -0.330. The van der Waals surface area contributed by atoms with Crippen molar-refractivity contribution in [3.8, 4) is 0 Å². The molecule has 0 aromatic heterocycles. The fraction of sp³-hybridized carbons (Fsp3) is 0.769. The highest BCUT2D eigenvalue weighted by Crippen LogP contribution is 2.33. The van der Waals surface area contributed by atoms with Gasteiger partial charge in [-0.05, 0) is 26.0 Å². The monoisotopic (exact) mass is 303 g/mol. The van der Waals surface area contributed by atoms with Crippen molar-refractivity contribution in [2.45, 2.75) is 24.5 Å². The van der Waals surface area contributed by atoms with Crippen molar-refractivity contribution in [3.63, 3.8) is 0 Å². The predicted molar refractivity (Wildman–Crippen MR) is 80.4 cm³/mol. The van der Waals surface area contributed by atoms with Gasteiger partial charge in [0.25, 0.3) is 5.91 Å². The topological polar surface area (TPSA) is 47.6 Å². The number of carbonyl (C=O) groups is 1. The van der Waals surface area contributed by atoms with Crippen LogP contribution in [0.15, 0.2) is 10.7 Å². The van der Waals surface area contributed by atoms with Gasteiger partial charge in [0.05, 0.1) is 6.61 Å². The van der Waals surface area contributed by atoms with Crippen LogP contribution < -0.4 is 5.32 Å². The number of allylic oxidation sites excluding steroid dienone is 1. The first-order valence-corrected chi connectivity index (χ1v) is 8.75. The third-order valence-electron chi connectivity index (χ3n) is 3.58. The second kappa shape index (κ2) is 6.90. The van der Waals surface area contributed by atoms with Crippen molar-refractivity contribution >= 4 is 29.4 Å². The molecule has 2 heterocycles. The van der Waals surface area contributed by atoms with E-state index in [1.807, 2.05) is 18.7 Å². The third kappa shape index (κ3) is 3.83. The Morgan fingerprint density at radius 3 is 2.79 bits per heavy atom. The summed E-state index contributed by atoms with van der Waals surface area (Å²) in [5, 5.41) is 3.07. The maximum absolute atomic E-state index is 12.2. The largest absolute Gasteiger partial charge is 0.496 e. The molecule has 1 fully saturated rings. The molecule has 4 nitrogen and oxygen atoms in total. The van der Waals surface area contributed by atoms with E-state index in [9.17, 15) is 4.79 Å². The van der Waals surface area contributed by atoms with E-state index in [-0.39, 0.29) is 10.7 Å². The van der Waals surface area contributed by atoms with E-state index in [2.05, 4.69) is 11.6 Å². The summed E-state index contributed by atoms with van der Waals surface area (Å²) in [4.78, 5) is 12.9. The van der Waals surface area contributed by atoms with Gasteiger partial charge in [-0.2, -0.15) is 11.8 Å². The van der Waals surface area contributed by atoms with Crippen LogP contribution in [0.25, 0.3) is 0 Å². The molecule has 2 aliphatic rings. The third-order valence-corrected chi connectivity index (χ3v) is 6.13. The second-order valence-electron chi connectivity index (χ2n) is 4.76. The molecule has 2 rings (SSSR count). The van der Waals surface area contributed by atoms with Crippen LogP contribution in [0.2, 0.25) is 0 Å². The lowest BCUT2D eigenvalue weighted by atomic mass is 9.99. The molecule has 1 amide bonds. The Morgan fingerprint density at radius 1 is 1.42 bits per heavy atom. The Labute approximate surface area is 123 Å². The minimum Gasteiger partial charge on any atom is -0.496 e. The summed E-state index contributed by atoms with van der Waals surface area (Å²) in [6.45, 7) is 4.83. The average molecular weight is 303 g/mol. The Morgan fingerprint density at radius 2 is 2.16 bits per heavy atom. The first kappa shape index (κ1) is 15.1. The minimum atomic E-state index is 0.00196. The molecule has 0 bridgehead atoms. The van der Waals surface area contributed by atoms with Gasteiger partial charge < -0.3 is 14.8 Å². The first-order chi connectivity index (χ1) is 9.17. The van der Waals surface area contributed by atoms with Crippen LogP contribution in [0.4, 0.5) is 0 Å². The highest BCUT2D eigenvalue weighted by Gasteiger charge is 2.32. The van der Waals surface area contributed by atoms with Crippen molar-refractivity contribution < 1.29 is 14.3 Å². The van der Waals surface area contributed by atoms with Gasteiger partial charge in [0.1, 0.15) is 10.7 Å². The summed E-state index contributed by atoms with van der Waals surface area (Å²) >= 11 is 3.42. The van der Waals surface area contributed by atoms with E-state index in [4.69, 9.17) is 9.47 Å². The highest BCUT2D eigenvalue weighted by molar-refractivity contribution is 8.04. The van der Waals surface area contributed by atoms with Crippen LogP contribution in [0, 0.1) is 0 Å². The number of nitrogens with one attached hydrogen (secondary N) is 1. The van der Waals surface area contributed by atoms with Crippen molar-refractivity contribution in [1.29, 1.82) is 0 Å². The summed E-state index contributed by atoms with van der Waals surface area (Å²) in [5.74, 6) is 1.60.